The molecule has 136 valence electrons. The Morgan fingerprint density at radius 2 is 1.73 bits per heavy atom. The normalized spacial score (nSPS) is 31.8. The van der Waals surface area contributed by atoms with Crippen LogP contribution in [0.2, 0.25) is 0 Å². The molecule has 1 N–H and O–H groups in total. The van der Waals surface area contributed by atoms with Crippen LogP contribution in [0.25, 0.3) is 0 Å². The average Bonchev–Trinajstić information content (AvgIpc) is 3.08. The van der Waals surface area contributed by atoms with Gasteiger partial charge in [0.1, 0.15) is 11.4 Å². The van der Waals surface area contributed by atoms with Crippen molar-refractivity contribution in [2.75, 3.05) is 0 Å². The number of para-hydroxylation sites is 1. The number of benzene rings is 1. The summed E-state index contributed by atoms with van der Waals surface area (Å²) in [5.41, 5.74) is 0.508. The molecule has 2 aromatic rings. The molecule has 4 saturated carbocycles. The number of ether oxygens (including phenoxy) is 1. The van der Waals surface area contributed by atoms with Gasteiger partial charge in [0.05, 0.1) is 0 Å². The molecule has 0 unspecified atom stereocenters. The van der Waals surface area contributed by atoms with E-state index in [2.05, 4.69) is 10.4 Å². The van der Waals surface area contributed by atoms with Crippen molar-refractivity contribution in [2.24, 2.45) is 17.8 Å². The van der Waals surface area contributed by atoms with Crippen LogP contribution in [0.4, 0.5) is 0 Å². The van der Waals surface area contributed by atoms with Gasteiger partial charge in [-0.15, -0.1) is 0 Å². The summed E-state index contributed by atoms with van der Waals surface area (Å²) in [6.07, 6.45) is 9.40. The third kappa shape index (κ3) is 3.00. The van der Waals surface area contributed by atoms with E-state index in [0.29, 0.717) is 12.4 Å². The molecule has 4 bridgehead atoms. The molecule has 26 heavy (non-hydrogen) atoms. The number of rotatable bonds is 5. The number of nitrogens with one attached hydrogen (secondary N) is 1. The number of carbonyl (C=O) groups is 1. The third-order valence-corrected chi connectivity index (χ3v) is 6.40. The summed E-state index contributed by atoms with van der Waals surface area (Å²) in [6, 6.07) is 11.4. The monoisotopic (exact) mass is 351 g/mol. The Kier molecular flexibility index (Phi) is 3.76. The van der Waals surface area contributed by atoms with Crippen LogP contribution in [0.5, 0.6) is 5.75 Å². The van der Waals surface area contributed by atoms with Crippen LogP contribution in [0.15, 0.2) is 42.6 Å². The van der Waals surface area contributed by atoms with E-state index in [1.54, 1.807) is 16.9 Å². The van der Waals surface area contributed by atoms with E-state index in [1.807, 2.05) is 30.3 Å². The van der Waals surface area contributed by atoms with Crippen molar-refractivity contribution in [1.29, 1.82) is 0 Å². The van der Waals surface area contributed by atoms with Crippen molar-refractivity contribution in [2.45, 2.75) is 50.8 Å². The summed E-state index contributed by atoms with van der Waals surface area (Å²) in [6.45, 7) is 0.300. The van der Waals surface area contributed by atoms with Gasteiger partial charge in [0, 0.05) is 11.7 Å². The second kappa shape index (κ2) is 6.15. The first-order chi connectivity index (χ1) is 12.7. The van der Waals surface area contributed by atoms with E-state index < -0.39 is 0 Å². The maximum absolute atomic E-state index is 12.8. The van der Waals surface area contributed by atoms with Crippen molar-refractivity contribution in [3.05, 3.63) is 48.3 Å². The molecule has 1 amide bonds. The minimum Gasteiger partial charge on any atom is -0.471 e. The van der Waals surface area contributed by atoms with Crippen molar-refractivity contribution >= 4 is 5.91 Å². The summed E-state index contributed by atoms with van der Waals surface area (Å²) >= 11 is 0. The van der Waals surface area contributed by atoms with Crippen molar-refractivity contribution in [1.82, 2.24) is 15.1 Å². The van der Waals surface area contributed by atoms with Crippen LogP contribution in [0.1, 0.15) is 49.0 Å². The Morgan fingerprint density at radius 1 is 1.08 bits per heavy atom. The van der Waals surface area contributed by atoms with Crippen LogP contribution in [0.3, 0.4) is 0 Å². The van der Waals surface area contributed by atoms with Gasteiger partial charge in [-0.3, -0.25) is 4.79 Å². The first-order valence-corrected chi connectivity index (χ1v) is 9.71. The van der Waals surface area contributed by atoms with E-state index in [1.165, 1.54) is 19.3 Å². The summed E-state index contributed by atoms with van der Waals surface area (Å²) in [4.78, 5) is 12.8. The smallest absolute Gasteiger partial charge is 0.272 e. The first kappa shape index (κ1) is 15.9. The van der Waals surface area contributed by atoms with Crippen LogP contribution in [0, 0.1) is 17.8 Å². The minimum absolute atomic E-state index is 0.0240. The van der Waals surface area contributed by atoms with E-state index in [9.17, 15) is 4.79 Å². The summed E-state index contributed by atoms with van der Waals surface area (Å²) in [7, 11) is 0. The first-order valence-electron chi connectivity index (χ1n) is 9.71. The minimum atomic E-state index is -0.0367. The van der Waals surface area contributed by atoms with Gasteiger partial charge in [0.25, 0.3) is 5.91 Å². The summed E-state index contributed by atoms with van der Waals surface area (Å²) < 4.78 is 7.36. The number of carbonyl (C=O) groups excluding carboxylic acids is 1. The molecule has 0 spiro atoms. The van der Waals surface area contributed by atoms with Crippen LogP contribution >= 0.6 is 0 Å². The Balaban J connectivity index is 1.23. The van der Waals surface area contributed by atoms with Crippen molar-refractivity contribution in [3.63, 3.8) is 0 Å². The summed E-state index contributed by atoms with van der Waals surface area (Å²) in [5, 5.41) is 7.78. The highest BCUT2D eigenvalue weighted by Crippen LogP contribution is 2.55. The average molecular weight is 351 g/mol. The van der Waals surface area contributed by atoms with Gasteiger partial charge >= 0.3 is 0 Å². The van der Waals surface area contributed by atoms with Gasteiger partial charge in [-0.25, -0.2) is 4.68 Å². The zero-order valence-electron chi connectivity index (χ0n) is 14.9. The molecule has 0 atom stereocenters. The Hall–Kier alpha value is -2.30. The highest BCUT2D eigenvalue weighted by Gasteiger charge is 2.51. The lowest BCUT2D eigenvalue weighted by atomic mass is 9.53. The number of aromatic nitrogens is 2. The molecule has 0 radical (unpaired) electrons. The molecule has 4 aliphatic carbocycles. The lowest BCUT2D eigenvalue weighted by Gasteiger charge is -2.56. The Labute approximate surface area is 153 Å². The Morgan fingerprint density at radius 3 is 2.38 bits per heavy atom. The van der Waals surface area contributed by atoms with E-state index in [-0.39, 0.29) is 11.4 Å². The second-order valence-electron chi connectivity index (χ2n) is 8.48. The fourth-order valence-electron chi connectivity index (χ4n) is 5.78. The molecule has 4 fully saturated rings. The number of amides is 1. The SMILES string of the molecule is O=C(NC12CC3CC(CC(C3)C1)C2)c1ccn(COc2ccccc2)n1. The number of hydrogen-bond donors (Lipinski definition) is 1. The molecular formula is C21H25N3O2. The maximum Gasteiger partial charge on any atom is 0.272 e. The molecule has 5 nitrogen and oxygen atoms in total. The molecule has 1 aromatic heterocycles. The molecule has 1 heterocycles. The predicted octanol–water partition coefficient (Wildman–Crippen LogP) is 3.62. The van der Waals surface area contributed by atoms with E-state index in [4.69, 9.17) is 4.74 Å². The lowest BCUT2D eigenvalue weighted by Crippen LogP contribution is -2.59. The van der Waals surface area contributed by atoms with Crippen molar-refractivity contribution < 1.29 is 9.53 Å². The topological polar surface area (TPSA) is 56.2 Å². The fraction of sp³-hybridized carbons (Fsp3) is 0.524. The van der Waals surface area contributed by atoms with Crippen LogP contribution in [-0.4, -0.2) is 21.2 Å². The molecule has 0 saturated heterocycles. The van der Waals surface area contributed by atoms with E-state index in [0.717, 1.165) is 42.8 Å². The summed E-state index contributed by atoms with van der Waals surface area (Å²) in [5.74, 6) is 3.21. The van der Waals surface area contributed by atoms with Gasteiger partial charge in [-0.2, -0.15) is 5.10 Å². The highest BCUT2D eigenvalue weighted by atomic mass is 16.5. The number of hydrogen-bond acceptors (Lipinski definition) is 3. The van der Waals surface area contributed by atoms with Gasteiger partial charge in [0.15, 0.2) is 6.73 Å². The lowest BCUT2D eigenvalue weighted by molar-refractivity contribution is -0.0168. The fourth-order valence-corrected chi connectivity index (χ4v) is 5.78. The molecular weight excluding hydrogens is 326 g/mol. The van der Waals surface area contributed by atoms with Crippen molar-refractivity contribution in [3.8, 4) is 5.75 Å². The quantitative estimate of drug-likeness (QED) is 0.895. The Bertz CT molecular complexity index is 763. The van der Waals surface area contributed by atoms with Crippen LogP contribution < -0.4 is 10.1 Å². The van der Waals surface area contributed by atoms with Gasteiger partial charge in [-0.05, 0) is 74.5 Å². The van der Waals surface area contributed by atoms with Gasteiger partial charge < -0.3 is 10.1 Å². The molecule has 4 aliphatic rings. The molecule has 6 rings (SSSR count). The molecule has 5 heteroatoms. The predicted molar refractivity (Wildman–Crippen MR) is 97.7 cm³/mol. The zero-order chi connectivity index (χ0) is 17.6. The second-order valence-corrected chi connectivity index (χ2v) is 8.48. The van der Waals surface area contributed by atoms with Crippen LogP contribution in [-0.2, 0) is 6.73 Å². The number of nitrogens with zero attached hydrogens (tertiary/aromatic N) is 2. The standard InChI is InChI=1S/C21H25N3O2/c25-20(22-21-11-15-8-16(12-21)10-17(9-15)13-21)19-6-7-24(23-19)14-26-18-4-2-1-3-5-18/h1-7,15-17H,8-14H2,(H,22,25). The van der Waals surface area contributed by atoms with E-state index >= 15 is 0 Å². The molecule has 1 aromatic carbocycles. The molecule has 0 aliphatic heterocycles. The maximum atomic E-state index is 12.8. The van der Waals surface area contributed by atoms with Gasteiger partial charge in [0.2, 0.25) is 0 Å². The third-order valence-electron chi connectivity index (χ3n) is 6.40. The largest absolute Gasteiger partial charge is 0.471 e. The highest BCUT2D eigenvalue weighted by molar-refractivity contribution is 5.92. The van der Waals surface area contributed by atoms with Gasteiger partial charge in [-0.1, -0.05) is 18.2 Å². The zero-order valence-corrected chi connectivity index (χ0v) is 14.9.